The smallest absolute Gasteiger partial charge is 0.237 e. The Bertz CT molecular complexity index is 442. The molecule has 17 heavy (non-hydrogen) atoms. The van der Waals surface area contributed by atoms with E-state index in [4.69, 9.17) is 10.5 Å². The number of nitrogens with one attached hydrogen (secondary N) is 1. The number of carbonyl (C=O) groups excluding carboxylic acids is 1. The molecule has 4 nitrogen and oxygen atoms in total. The van der Waals surface area contributed by atoms with Gasteiger partial charge in [0, 0.05) is 30.2 Å². The Kier molecular flexibility index (Phi) is 2.97. The van der Waals surface area contributed by atoms with Crippen LogP contribution >= 0.6 is 0 Å². The molecule has 0 aliphatic carbocycles. The number of hydrogen-bond acceptors (Lipinski definition) is 3. The average Bonchev–Trinajstić information content (AvgIpc) is 2.60. The topological polar surface area (TPSA) is 64.3 Å². The first-order chi connectivity index (χ1) is 8.04. The highest BCUT2D eigenvalue weighted by Gasteiger charge is 2.36. The van der Waals surface area contributed by atoms with Gasteiger partial charge >= 0.3 is 0 Å². The van der Waals surface area contributed by atoms with E-state index in [1.165, 1.54) is 7.11 Å². The number of rotatable bonds is 2. The molecule has 0 spiro atoms. The predicted octanol–water partition coefficient (Wildman–Crippen LogP) is 0.514. The van der Waals surface area contributed by atoms with Crippen LogP contribution in [0, 0.1) is 11.6 Å². The lowest BCUT2D eigenvalue weighted by atomic mass is 9.93. The van der Waals surface area contributed by atoms with Crippen molar-refractivity contribution in [2.75, 3.05) is 13.7 Å². The fourth-order valence-electron chi connectivity index (χ4n) is 1.95. The zero-order valence-corrected chi connectivity index (χ0v) is 9.17. The zero-order valence-electron chi connectivity index (χ0n) is 9.17. The maximum atomic E-state index is 13.7. The van der Waals surface area contributed by atoms with Crippen LogP contribution in [0.3, 0.4) is 0 Å². The highest BCUT2D eigenvalue weighted by molar-refractivity contribution is 5.85. The molecular formula is C11H12F2N2O2. The summed E-state index contributed by atoms with van der Waals surface area (Å²) in [7, 11) is 1.32. The van der Waals surface area contributed by atoms with Crippen LogP contribution in [0.5, 0.6) is 5.75 Å². The third-order valence-corrected chi connectivity index (χ3v) is 2.89. The summed E-state index contributed by atoms with van der Waals surface area (Å²) >= 11 is 0. The standard InChI is InChI=1S/C11H12F2N2O2/c1-17-5-2-7(12)9(8(13)3-5)6-4-15-11(16)10(6)14/h2-3,6,10H,4,14H2,1H3,(H,15,16)/t6-,10?/m0/s1. The van der Waals surface area contributed by atoms with Crippen LogP contribution in [0.25, 0.3) is 0 Å². The van der Waals surface area contributed by atoms with E-state index < -0.39 is 29.5 Å². The van der Waals surface area contributed by atoms with Crippen LogP contribution in [0.1, 0.15) is 11.5 Å². The number of carbonyl (C=O) groups is 1. The Balaban J connectivity index is 2.42. The number of ether oxygens (including phenoxy) is 1. The Morgan fingerprint density at radius 3 is 2.41 bits per heavy atom. The van der Waals surface area contributed by atoms with Gasteiger partial charge in [-0.3, -0.25) is 4.79 Å². The van der Waals surface area contributed by atoms with Crippen molar-refractivity contribution in [1.82, 2.24) is 5.32 Å². The number of halogens is 2. The fraction of sp³-hybridized carbons (Fsp3) is 0.364. The molecule has 1 aromatic rings. The van der Waals surface area contributed by atoms with Crippen LogP contribution in [0.2, 0.25) is 0 Å². The molecule has 92 valence electrons. The van der Waals surface area contributed by atoms with E-state index in [1.807, 2.05) is 0 Å². The Hall–Kier alpha value is -1.69. The maximum absolute atomic E-state index is 13.7. The van der Waals surface area contributed by atoms with Gasteiger partial charge < -0.3 is 15.8 Å². The van der Waals surface area contributed by atoms with Gasteiger partial charge in [0.05, 0.1) is 13.2 Å². The SMILES string of the molecule is COc1cc(F)c([C@@H]2CNC(=O)C2N)c(F)c1. The van der Waals surface area contributed by atoms with E-state index >= 15 is 0 Å². The molecule has 1 saturated heterocycles. The van der Waals surface area contributed by atoms with Gasteiger partial charge in [-0.1, -0.05) is 0 Å². The molecule has 0 bridgehead atoms. The molecule has 0 aromatic heterocycles. The van der Waals surface area contributed by atoms with Crippen LogP contribution in [-0.2, 0) is 4.79 Å². The van der Waals surface area contributed by atoms with E-state index in [-0.39, 0.29) is 17.9 Å². The van der Waals surface area contributed by atoms with Gasteiger partial charge in [-0.2, -0.15) is 0 Å². The molecule has 2 atom stereocenters. The third-order valence-electron chi connectivity index (χ3n) is 2.89. The molecule has 3 N–H and O–H groups in total. The van der Waals surface area contributed by atoms with Crippen molar-refractivity contribution < 1.29 is 18.3 Å². The minimum Gasteiger partial charge on any atom is -0.497 e. The molecule has 6 heteroatoms. The van der Waals surface area contributed by atoms with Crippen molar-refractivity contribution in [2.24, 2.45) is 5.73 Å². The first-order valence-corrected chi connectivity index (χ1v) is 5.10. The molecule has 1 aromatic carbocycles. The minimum atomic E-state index is -0.924. The normalized spacial score (nSPS) is 23.6. The van der Waals surface area contributed by atoms with Crippen molar-refractivity contribution in [3.05, 3.63) is 29.3 Å². The van der Waals surface area contributed by atoms with E-state index in [2.05, 4.69) is 5.32 Å². The van der Waals surface area contributed by atoms with E-state index in [0.29, 0.717) is 0 Å². The summed E-state index contributed by atoms with van der Waals surface area (Å²) in [5.41, 5.74) is 5.42. The Morgan fingerprint density at radius 1 is 1.41 bits per heavy atom. The molecule has 1 aliphatic heterocycles. The van der Waals surface area contributed by atoms with Crippen LogP contribution in [0.4, 0.5) is 8.78 Å². The summed E-state index contributed by atoms with van der Waals surface area (Å²) in [6.45, 7) is 0.139. The summed E-state index contributed by atoms with van der Waals surface area (Å²) in [4.78, 5) is 11.2. The van der Waals surface area contributed by atoms with Gasteiger partial charge in [0.2, 0.25) is 5.91 Å². The molecule has 1 heterocycles. The van der Waals surface area contributed by atoms with Crippen LogP contribution in [0.15, 0.2) is 12.1 Å². The van der Waals surface area contributed by atoms with Gasteiger partial charge in [-0.15, -0.1) is 0 Å². The van der Waals surface area contributed by atoms with Crippen molar-refractivity contribution in [1.29, 1.82) is 0 Å². The predicted molar refractivity (Wildman–Crippen MR) is 56.6 cm³/mol. The fourth-order valence-corrected chi connectivity index (χ4v) is 1.95. The number of benzene rings is 1. The molecule has 1 aliphatic rings. The largest absolute Gasteiger partial charge is 0.497 e. The highest BCUT2D eigenvalue weighted by Crippen LogP contribution is 2.30. The van der Waals surface area contributed by atoms with E-state index in [0.717, 1.165) is 12.1 Å². The molecule has 0 saturated carbocycles. The zero-order chi connectivity index (χ0) is 12.6. The molecule has 1 fully saturated rings. The number of methoxy groups -OCH3 is 1. The first kappa shape index (κ1) is 11.8. The lowest BCUT2D eigenvalue weighted by Gasteiger charge is -2.15. The number of hydrogen-bond donors (Lipinski definition) is 2. The van der Waals surface area contributed by atoms with Crippen molar-refractivity contribution >= 4 is 5.91 Å². The van der Waals surface area contributed by atoms with Gasteiger partial charge in [0.25, 0.3) is 0 Å². The van der Waals surface area contributed by atoms with Crippen molar-refractivity contribution in [3.63, 3.8) is 0 Å². The molecule has 2 rings (SSSR count). The third kappa shape index (κ3) is 1.95. The van der Waals surface area contributed by atoms with E-state index in [1.54, 1.807) is 0 Å². The van der Waals surface area contributed by atoms with Gasteiger partial charge in [0.1, 0.15) is 17.4 Å². The molecule has 0 radical (unpaired) electrons. The summed E-state index contributed by atoms with van der Waals surface area (Å²) in [6, 6.07) is 1.23. The maximum Gasteiger partial charge on any atom is 0.237 e. The summed E-state index contributed by atoms with van der Waals surface area (Å²) in [5, 5.41) is 2.47. The molecule has 1 amide bonds. The molecule has 1 unspecified atom stereocenters. The Labute approximate surface area is 96.7 Å². The lowest BCUT2D eigenvalue weighted by molar-refractivity contribution is -0.120. The molecular weight excluding hydrogens is 230 g/mol. The number of amides is 1. The van der Waals surface area contributed by atoms with Crippen molar-refractivity contribution in [2.45, 2.75) is 12.0 Å². The van der Waals surface area contributed by atoms with Gasteiger partial charge in [-0.25, -0.2) is 8.78 Å². The van der Waals surface area contributed by atoms with Crippen LogP contribution in [-0.4, -0.2) is 25.6 Å². The summed E-state index contributed by atoms with van der Waals surface area (Å²) in [5.74, 6) is -2.50. The highest BCUT2D eigenvalue weighted by atomic mass is 19.1. The second-order valence-electron chi connectivity index (χ2n) is 3.88. The summed E-state index contributed by atoms with van der Waals surface area (Å²) < 4.78 is 32.2. The van der Waals surface area contributed by atoms with Crippen molar-refractivity contribution in [3.8, 4) is 5.75 Å². The average molecular weight is 242 g/mol. The Morgan fingerprint density at radius 2 is 2.00 bits per heavy atom. The minimum absolute atomic E-state index is 0.0922. The van der Waals surface area contributed by atoms with Crippen LogP contribution < -0.4 is 15.8 Å². The first-order valence-electron chi connectivity index (χ1n) is 5.10. The van der Waals surface area contributed by atoms with Gasteiger partial charge in [-0.05, 0) is 0 Å². The second-order valence-corrected chi connectivity index (χ2v) is 3.88. The van der Waals surface area contributed by atoms with E-state index in [9.17, 15) is 13.6 Å². The second kappa shape index (κ2) is 4.29. The number of nitrogens with two attached hydrogens (primary N) is 1. The monoisotopic (exact) mass is 242 g/mol. The lowest BCUT2D eigenvalue weighted by Crippen LogP contribution is -2.33. The quantitative estimate of drug-likeness (QED) is 0.794. The van der Waals surface area contributed by atoms with Gasteiger partial charge in [0.15, 0.2) is 0 Å². The summed E-state index contributed by atoms with van der Waals surface area (Å²) in [6.07, 6.45) is 0.